The number of piperazine rings is 1. The molecule has 1 aromatic heterocycles. The first-order valence-electron chi connectivity index (χ1n) is 19.2. The summed E-state index contributed by atoms with van der Waals surface area (Å²) in [6, 6.07) is 6.57. The number of ether oxygens (including phenoxy) is 4. The van der Waals surface area contributed by atoms with Gasteiger partial charge in [-0.1, -0.05) is 23.7 Å². The third kappa shape index (κ3) is 9.82. The van der Waals surface area contributed by atoms with Crippen LogP contribution in [0.25, 0.3) is 5.57 Å². The molecule has 6 rings (SSSR count). The van der Waals surface area contributed by atoms with E-state index in [2.05, 4.69) is 4.98 Å². The second-order valence-electron chi connectivity index (χ2n) is 16.7. The lowest BCUT2D eigenvalue weighted by Gasteiger charge is -2.51. The second kappa shape index (κ2) is 16.8. The normalized spacial score (nSPS) is 18.4. The highest BCUT2D eigenvalue weighted by Gasteiger charge is 2.51. The molecule has 3 amide bonds. The Morgan fingerprint density at radius 1 is 1.00 bits per heavy atom. The summed E-state index contributed by atoms with van der Waals surface area (Å²) in [7, 11) is 1.62. The van der Waals surface area contributed by atoms with Crippen molar-refractivity contribution in [3.63, 3.8) is 0 Å². The van der Waals surface area contributed by atoms with E-state index in [1.807, 2.05) is 30.0 Å². The summed E-state index contributed by atoms with van der Waals surface area (Å²) in [5.41, 5.74) is 1.46. The molecule has 1 unspecified atom stereocenters. The van der Waals surface area contributed by atoms with Gasteiger partial charge in [0.25, 0.3) is 5.91 Å². The molecule has 15 heteroatoms. The van der Waals surface area contributed by atoms with Crippen LogP contribution in [-0.2, 0) is 27.2 Å². The summed E-state index contributed by atoms with van der Waals surface area (Å²) in [4.78, 5) is 53.6. The highest BCUT2D eigenvalue weighted by atomic mass is 35.5. The number of hydrogen-bond acceptors (Lipinski definition) is 9. The Morgan fingerprint density at radius 2 is 1.70 bits per heavy atom. The number of aromatic nitrogens is 1. The van der Waals surface area contributed by atoms with Crippen molar-refractivity contribution in [2.24, 2.45) is 0 Å². The average molecular weight is 829 g/mol. The summed E-state index contributed by atoms with van der Waals surface area (Å²) in [6.45, 7) is 13.3. The van der Waals surface area contributed by atoms with Crippen molar-refractivity contribution >= 4 is 46.6 Å². The molecule has 308 valence electrons. The van der Waals surface area contributed by atoms with E-state index in [1.165, 1.54) is 11.3 Å². The molecule has 2 aliphatic heterocycles. The zero-order chi connectivity index (χ0) is 41.4. The first-order chi connectivity index (χ1) is 26.8. The van der Waals surface area contributed by atoms with E-state index in [0.717, 1.165) is 57.3 Å². The molecule has 2 atom stereocenters. The van der Waals surface area contributed by atoms with E-state index in [-0.39, 0.29) is 43.1 Å². The van der Waals surface area contributed by atoms with Crippen LogP contribution >= 0.6 is 22.9 Å². The topological polar surface area (TPSA) is 111 Å². The number of thiazole rings is 1. The second-order valence-corrected chi connectivity index (χ2v) is 18.2. The molecule has 3 aromatic rings. The van der Waals surface area contributed by atoms with Gasteiger partial charge in [-0.2, -0.15) is 0 Å². The van der Waals surface area contributed by atoms with Crippen molar-refractivity contribution < 1.29 is 42.1 Å². The Morgan fingerprint density at radius 3 is 2.37 bits per heavy atom. The van der Waals surface area contributed by atoms with E-state index in [0.29, 0.717) is 25.0 Å². The molecule has 0 N–H and O–H groups in total. The SMILES string of the molecule is COc1cccc(CN(C(=O)C2=C(c3cnc(CCCOc4c(F)ccc(Cl)c4F)s3)CC3CN(C(=O)OC(C)(C)C)C[C@H]2N3C(=O)OC(C)(C)C)C2CC2)c1C. The predicted octanol–water partition coefficient (Wildman–Crippen LogP) is 8.98. The first kappa shape index (κ1) is 42.2. The fraction of sp³-hybridized carbons (Fsp3) is 0.524. The lowest BCUT2D eigenvalue weighted by atomic mass is 9.83. The summed E-state index contributed by atoms with van der Waals surface area (Å²) in [6.07, 6.45) is 3.41. The molecule has 1 saturated carbocycles. The highest BCUT2D eigenvalue weighted by molar-refractivity contribution is 7.12. The van der Waals surface area contributed by atoms with Crippen LogP contribution in [0, 0.1) is 18.6 Å². The van der Waals surface area contributed by atoms with Crippen molar-refractivity contribution in [2.75, 3.05) is 26.8 Å². The zero-order valence-electron chi connectivity index (χ0n) is 33.7. The van der Waals surface area contributed by atoms with Gasteiger partial charge < -0.3 is 28.7 Å². The van der Waals surface area contributed by atoms with Crippen molar-refractivity contribution in [1.29, 1.82) is 0 Å². The minimum absolute atomic E-state index is 0.0127. The smallest absolute Gasteiger partial charge is 0.411 e. The maximum Gasteiger partial charge on any atom is 0.411 e. The Kier molecular flexibility index (Phi) is 12.4. The van der Waals surface area contributed by atoms with Crippen molar-refractivity contribution in [3.05, 3.63) is 79.8 Å². The number of aryl methyl sites for hydroxylation is 1. The average Bonchev–Trinajstić information content (AvgIpc) is 3.86. The van der Waals surface area contributed by atoms with Gasteiger partial charge >= 0.3 is 12.2 Å². The van der Waals surface area contributed by atoms with Gasteiger partial charge in [0, 0.05) is 43.9 Å². The summed E-state index contributed by atoms with van der Waals surface area (Å²) >= 11 is 7.24. The molecule has 11 nitrogen and oxygen atoms in total. The molecular weight excluding hydrogens is 778 g/mol. The largest absolute Gasteiger partial charge is 0.496 e. The van der Waals surface area contributed by atoms with Gasteiger partial charge in [0.05, 0.1) is 40.7 Å². The lowest BCUT2D eigenvalue weighted by molar-refractivity contribution is -0.129. The molecule has 0 radical (unpaired) electrons. The highest BCUT2D eigenvalue weighted by Crippen LogP contribution is 2.43. The standard InChI is InChI=1S/C42H51ClF2N4O7S/c1-24-25(11-9-12-32(24)53-8)21-48(26-14-15-26)38(50)35-28(33-20-46-34(57-33)13-10-18-54-37-30(44)17-16-29(43)36(37)45)19-27-22-47(39(51)55-41(2,3)4)23-31(35)49(27)40(52)56-42(5,6)7/h9,11-12,16-17,20,26-27,31H,10,13-15,18-19,21-23H2,1-8H3/t27?,31-/m1/s1. The van der Waals surface area contributed by atoms with E-state index in [9.17, 15) is 18.4 Å². The maximum absolute atomic E-state index is 15.3. The number of halogens is 3. The molecule has 1 aliphatic carbocycles. The van der Waals surface area contributed by atoms with Crippen LogP contribution in [0.2, 0.25) is 5.02 Å². The molecule has 0 spiro atoms. The van der Waals surface area contributed by atoms with Gasteiger partial charge in [-0.05, 0) is 109 Å². The number of amides is 3. The molecule has 3 heterocycles. The van der Waals surface area contributed by atoms with Crippen LogP contribution in [0.15, 0.2) is 42.1 Å². The number of hydrogen-bond donors (Lipinski definition) is 0. The van der Waals surface area contributed by atoms with Crippen LogP contribution < -0.4 is 9.47 Å². The molecule has 2 aromatic carbocycles. The van der Waals surface area contributed by atoms with Crippen LogP contribution in [0.3, 0.4) is 0 Å². The minimum Gasteiger partial charge on any atom is -0.496 e. The van der Waals surface area contributed by atoms with E-state index in [1.54, 1.807) is 64.6 Å². The molecule has 1 saturated heterocycles. The van der Waals surface area contributed by atoms with Gasteiger partial charge in [0.2, 0.25) is 0 Å². The van der Waals surface area contributed by atoms with Crippen LogP contribution in [0.5, 0.6) is 11.5 Å². The molecular formula is C42H51ClF2N4O7S. The number of methoxy groups -OCH3 is 1. The van der Waals surface area contributed by atoms with Gasteiger partial charge in [0.1, 0.15) is 17.0 Å². The number of carbonyl (C=O) groups excluding carboxylic acids is 3. The number of benzene rings is 2. The lowest BCUT2D eigenvalue weighted by Crippen LogP contribution is -2.66. The van der Waals surface area contributed by atoms with Crippen LogP contribution in [0.1, 0.15) is 88.2 Å². The van der Waals surface area contributed by atoms with Crippen molar-refractivity contribution in [3.8, 4) is 11.5 Å². The van der Waals surface area contributed by atoms with Gasteiger partial charge in [-0.15, -0.1) is 11.3 Å². The Balaban J connectivity index is 1.38. The quantitative estimate of drug-likeness (QED) is 0.139. The van der Waals surface area contributed by atoms with Crippen LogP contribution in [-0.4, -0.2) is 93.9 Å². The Bertz CT molecular complexity index is 2040. The molecule has 2 fully saturated rings. The van der Waals surface area contributed by atoms with E-state index >= 15 is 4.79 Å². The predicted molar refractivity (Wildman–Crippen MR) is 214 cm³/mol. The van der Waals surface area contributed by atoms with Gasteiger partial charge in [0.15, 0.2) is 17.4 Å². The fourth-order valence-corrected chi connectivity index (χ4v) is 8.40. The van der Waals surface area contributed by atoms with Gasteiger partial charge in [-0.25, -0.2) is 23.4 Å². The first-order valence-corrected chi connectivity index (χ1v) is 20.4. The minimum atomic E-state index is -0.951. The molecule has 3 aliphatic rings. The molecule has 2 bridgehead atoms. The molecule has 57 heavy (non-hydrogen) atoms. The third-order valence-corrected chi connectivity index (χ3v) is 11.4. The summed E-state index contributed by atoms with van der Waals surface area (Å²) in [5.74, 6) is -1.83. The van der Waals surface area contributed by atoms with E-state index < -0.39 is 52.9 Å². The Hall–Kier alpha value is -4.43. The third-order valence-electron chi connectivity index (χ3n) is 9.98. The maximum atomic E-state index is 15.3. The monoisotopic (exact) mass is 828 g/mol. The van der Waals surface area contributed by atoms with Crippen molar-refractivity contribution in [2.45, 2.75) is 116 Å². The number of nitrogens with zero attached hydrogens (tertiary/aromatic N) is 4. The van der Waals surface area contributed by atoms with E-state index in [4.69, 9.17) is 30.5 Å². The van der Waals surface area contributed by atoms with Crippen molar-refractivity contribution in [1.82, 2.24) is 19.7 Å². The Labute approximate surface area is 341 Å². The summed E-state index contributed by atoms with van der Waals surface area (Å²) < 4.78 is 51.4. The fourth-order valence-electron chi connectivity index (χ4n) is 7.23. The number of fused-ring (bicyclic) bond motifs is 2. The zero-order valence-corrected chi connectivity index (χ0v) is 35.3. The summed E-state index contributed by atoms with van der Waals surface area (Å²) in [5, 5.41) is 0.506. The van der Waals surface area contributed by atoms with Crippen LogP contribution in [0.4, 0.5) is 18.4 Å². The number of rotatable bonds is 11. The van der Waals surface area contributed by atoms with Gasteiger partial charge in [-0.3, -0.25) is 9.69 Å². The number of carbonyl (C=O) groups is 3.